The Morgan fingerprint density at radius 3 is 1.82 bits per heavy atom. The van der Waals surface area contributed by atoms with Crippen LogP contribution in [0.4, 0.5) is 0 Å². The molecular weight excluding hydrogens is 622 g/mol. The summed E-state index contributed by atoms with van der Waals surface area (Å²) in [5.41, 5.74) is 0.889. The van der Waals surface area contributed by atoms with Gasteiger partial charge in [0.15, 0.2) is 6.04 Å². The number of amides is 3. The summed E-state index contributed by atoms with van der Waals surface area (Å²) in [4.78, 5) is 54.2. The molecule has 3 amide bonds. The summed E-state index contributed by atoms with van der Waals surface area (Å²) in [5.74, 6) is -3.73. The predicted molar refractivity (Wildman–Crippen MR) is 192 cm³/mol. The standard InChI is InChI=1S/C39H65N3O7/c1-7-8-9-10-11-12-13-14-15-16-17-19-22-28(4)35-29(5)36(44)41-33(27(2)3)37(45)42-34(30(6)43)38(46)40-32(39(47)49-35)26-48-25-31-23-20-18-21-24-31/h18,20-21,23-24,27-30,32-35,43H,7-17,19,22,25-26H2,1-6H3,(H,40,46)(H,41,44)(H,42,45)/t28-,29+,30+,32-,33-,34-,35+/m0/s1. The van der Waals surface area contributed by atoms with Crippen molar-refractivity contribution in [2.24, 2.45) is 17.8 Å². The lowest BCUT2D eigenvalue weighted by atomic mass is 9.88. The number of aliphatic hydroxyl groups is 1. The highest BCUT2D eigenvalue weighted by Gasteiger charge is 2.39. The number of nitrogens with one attached hydrogen (secondary N) is 3. The van der Waals surface area contributed by atoms with Crippen LogP contribution in [-0.4, -0.2) is 65.7 Å². The zero-order valence-corrected chi connectivity index (χ0v) is 31.0. The Kier molecular flexibility index (Phi) is 20.2. The van der Waals surface area contributed by atoms with Gasteiger partial charge in [-0.1, -0.05) is 142 Å². The van der Waals surface area contributed by atoms with E-state index in [1.54, 1.807) is 20.8 Å². The van der Waals surface area contributed by atoms with E-state index in [9.17, 15) is 24.3 Å². The summed E-state index contributed by atoms with van der Waals surface area (Å²) in [6.07, 6.45) is 13.5. The molecule has 0 spiro atoms. The van der Waals surface area contributed by atoms with Gasteiger partial charge >= 0.3 is 5.97 Å². The number of carbonyl (C=O) groups is 4. The summed E-state index contributed by atoms with van der Waals surface area (Å²) in [6.45, 7) is 10.9. The molecule has 1 aromatic rings. The molecule has 0 aromatic heterocycles. The van der Waals surface area contributed by atoms with Gasteiger partial charge in [-0.3, -0.25) is 14.4 Å². The van der Waals surface area contributed by atoms with Crippen molar-refractivity contribution >= 4 is 23.7 Å². The van der Waals surface area contributed by atoms with Crippen molar-refractivity contribution in [2.45, 2.75) is 162 Å². The quantitative estimate of drug-likeness (QED) is 0.0976. The second kappa shape index (κ2) is 23.4. The lowest BCUT2D eigenvalue weighted by Gasteiger charge is -2.31. The van der Waals surface area contributed by atoms with E-state index in [4.69, 9.17) is 9.47 Å². The first-order chi connectivity index (χ1) is 23.5. The van der Waals surface area contributed by atoms with Crippen LogP contribution in [0.5, 0.6) is 0 Å². The van der Waals surface area contributed by atoms with Gasteiger partial charge in [-0.15, -0.1) is 0 Å². The maximum atomic E-state index is 13.8. The van der Waals surface area contributed by atoms with Crippen LogP contribution in [0.15, 0.2) is 30.3 Å². The molecule has 7 atom stereocenters. The van der Waals surface area contributed by atoms with Gasteiger partial charge in [-0.2, -0.15) is 0 Å². The maximum absolute atomic E-state index is 13.8. The minimum Gasteiger partial charge on any atom is -0.460 e. The Bertz CT molecular complexity index is 1110. The molecule has 0 aliphatic carbocycles. The average Bonchev–Trinajstić information content (AvgIpc) is 3.07. The summed E-state index contributed by atoms with van der Waals surface area (Å²) in [7, 11) is 0. The van der Waals surface area contributed by atoms with E-state index in [1.807, 2.05) is 37.3 Å². The molecule has 1 aliphatic rings. The van der Waals surface area contributed by atoms with Crippen LogP contribution in [0, 0.1) is 17.8 Å². The maximum Gasteiger partial charge on any atom is 0.331 e. The number of esters is 1. The number of cyclic esters (lactones) is 1. The van der Waals surface area contributed by atoms with Gasteiger partial charge in [0.25, 0.3) is 0 Å². The van der Waals surface area contributed by atoms with Crippen LogP contribution >= 0.6 is 0 Å². The first-order valence-electron chi connectivity index (χ1n) is 18.9. The largest absolute Gasteiger partial charge is 0.460 e. The third-order valence-corrected chi connectivity index (χ3v) is 9.54. The van der Waals surface area contributed by atoms with Crippen molar-refractivity contribution in [3.05, 3.63) is 35.9 Å². The predicted octanol–water partition coefficient (Wildman–Crippen LogP) is 5.98. The molecule has 2 rings (SSSR count). The van der Waals surface area contributed by atoms with Crippen LogP contribution in [0.1, 0.15) is 131 Å². The van der Waals surface area contributed by atoms with Gasteiger partial charge in [-0.05, 0) is 30.7 Å². The summed E-state index contributed by atoms with van der Waals surface area (Å²) >= 11 is 0. The highest BCUT2D eigenvalue weighted by molar-refractivity contribution is 5.94. The van der Waals surface area contributed by atoms with E-state index in [-0.39, 0.29) is 25.0 Å². The zero-order valence-electron chi connectivity index (χ0n) is 31.0. The van der Waals surface area contributed by atoms with Crippen LogP contribution in [0.25, 0.3) is 0 Å². The molecule has 4 N–H and O–H groups in total. The molecule has 1 fully saturated rings. The topological polar surface area (TPSA) is 143 Å². The molecule has 10 heteroatoms. The number of benzene rings is 1. The van der Waals surface area contributed by atoms with Crippen molar-refractivity contribution in [2.75, 3.05) is 6.61 Å². The van der Waals surface area contributed by atoms with Gasteiger partial charge in [0, 0.05) is 0 Å². The van der Waals surface area contributed by atoms with E-state index >= 15 is 0 Å². The second-order valence-electron chi connectivity index (χ2n) is 14.4. The van der Waals surface area contributed by atoms with Crippen LogP contribution < -0.4 is 16.0 Å². The molecule has 1 aliphatic heterocycles. The SMILES string of the molecule is CCCCCCCCCCCCCC[C@H](C)[C@H]1OC(=O)[C@H](COCc2ccccc2)NC(=O)[C@H]([C@@H](C)O)NC(=O)[C@H](C(C)C)NC(=O)[C@@H]1C. The number of rotatable bonds is 20. The van der Waals surface area contributed by atoms with Crippen molar-refractivity contribution in [3.8, 4) is 0 Å². The molecule has 0 radical (unpaired) electrons. The third kappa shape index (κ3) is 15.6. The smallest absolute Gasteiger partial charge is 0.331 e. The average molecular weight is 688 g/mol. The molecule has 1 saturated heterocycles. The number of ether oxygens (including phenoxy) is 2. The number of carbonyl (C=O) groups excluding carboxylic acids is 4. The monoisotopic (exact) mass is 687 g/mol. The van der Waals surface area contributed by atoms with Crippen LogP contribution in [0.3, 0.4) is 0 Å². The van der Waals surface area contributed by atoms with Crippen molar-refractivity contribution in [3.63, 3.8) is 0 Å². The van der Waals surface area contributed by atoms with Crippen LogP contribution in [0.2, 0.25) is 0 Å². The van der Waals surface area contributed by atoms with Gasteiger partial charge in [-0.25, -0.2) is 4.79 Å². The van der Waals surface area contributed by atoms with Crippen molar-refractivity contribution in [1.29, 1.82) is 0 Å². The van der Waals surface area contributed by atoms with Crippen LogP contribution in [-0.2, 0) is 35.3 Å². The fourth-order valence-electron chi connectivity index (χ4n) is 6.31. The lowest BCUT2D eigenvalue weighted by molar-refractivity contribution is -0.162. The summed E-state index contributed by atoms with van der Waals surface area (Å²) < 4.78 is 11.9. The Labute approximate surface area is 295 Å². The fourth-order valence-corrected chi connectivity index (χ4v) is 6.31. The van der Waals surface area contributed by atoms with E-state index in [0.717, 1.165) is 31.2 Å². The Morgan fingerprint density at radius 2 is 1.27 bits per heavy atom. The Balaban J connectivity index is 2.15. The fraction of sp³-hybridized carbons (Fsp3) is 0.744. The number of aliphatic hydroxyl groups excluding tert-OH is 1. The molecule has 0 saturated carbocycles. The number of hydrogen-bond acceptors (Lipinski definition) is 7. The van der Waals surface area contributed by atoms with E-state index in [2.05, 4.69) is 22.9 Å². The van der Waals surface area contributed by atoms with Crippen molar-refractivity contribution in [1.82, 2.24) is 16.0 Å². The van der Waals surface area contributed by atoms with Gasteiger partial charge in [0.05, 0.1) is 25.2 Å². The number of hydrogen-bond donors (Lipinski definition) is 4. The Morgan fingerprint density at radius 1 is 0.735 bits per heavy atom. The van der Waals surface area contributed by atoms with Gasteiger partial charge in [0.2, 0.25) is 17.7 Å². The Hall–Kier alpha value is -2.98. The lowest BCUT2D eigenvalue weighted by Crippen LogP contribution is -2.60. The molecule has 1 aromatic carbocycles. The minimum absolute atomic E-state index is 0.156. The van der Waals surface area contributed by atoms with E-state index < -0.39 is 59.9 Å². The van der Waals surface area contributed by atoms with E-state index in [1.165, 1.54) is 64.7 Å². The normalized spacial score (nSPS) is 23.7. The molecule has 0 bridgehead atoms. The molecule has 0 unspecified atom stereocenters. The van der Waals surface area contributed by atoms with E-state index in [0.29, 0.717) is 0 Å². The minimum atomic E-state index is -1.37. The van der Waals surface area contributed by atoms with Gasteiger partial charge < -0.3 is 30.5 Å². The first kappa shape index (κ1) is 42.2. The zero-order chi connectivity index (χ0) is 36.2. The molecule has 49 heavy (non-hydrogen) atoms. The molecule has 1 heterocycles. The summed E-state index contributed by atoms with van der Waals surface area (Å²) in [6, 6.07) is 5.87. The second-order valence-corrected chi connectivity index (χ2v) is 14.4. The molecule has 278 valence electrons. The molecular formula is C39H65N3O7. The highest BCUT2D eigenvalue weighted by Crippen LogP contribution is 2.25. The highest BCUT2D eigenvalue weighted by atomic mass is 16.6. The molecule has 10 nitrogen and oxygen atoms in total. The first-order valence-corrected chi connectivity index (χ1v) is 18.9. The number of unbranched alkanes of at least 4 members (excludes halogenated alkanes) is 11. The summed E-state index contributed by atoms with van der Waals surface area (Å²) in [5, 5.41) is 18.5. The van der Waals surface area contributed by atoms with Crippen molar-refractivity contribution < 1.29 is 33.8 Å². The van der Waals surface area contributed by atoms with Gasteiger partial charge in [0.1, 0.15) is 18.2 Å². The third-order valence-electron chi connectivity index (χ3n) is 9.54.